The zero-order valence-corrected chi connectivity index (χ0v) is 16.0. The average Bonchev–Trinajstić information content (AvgIpc) is 3.25. The van der Waals surface area contributed by atoms with Gasteiger partial charge in [0.15, 0.2) is 16.4 Å². The molecule has 0 N–H and O–H groups in total. The number of hydrogen-bond acceptors (Lipinski definition) is 6. The molecule has 0 spiro atoms. The monoisotopic (exact) mass is 427 g/mol. The molecule has 0 aliphatic rings. The first-order valence-corrected chi connectivity index (χ1v) is 8.75. The van der Waals surface area contributed by atoms with Crippen LogP contribution < -0.4 is 0 Å². The maximum atomic E-state index is 13.1. The molecule has 2 aromatic heterocycles. The number of furan rings is 1. The minimum Gasteiger partial charge on any atom is -0.461 e. The zero-order valence-electron chi connectivity index (χ0n) is 15.2. The molecule has 3 rings (SSSR count). The number of nitrogens with zero attached hydrogens (tertiary/aromatic N) is 5. The number of aromatic nitrogens is 3. The Labute approximate surface area is 167 Å². The average molecular weight is 427 g/mol. The van der Waals surface area contributed by atoms with Gasteiger partial charge in [-0.05, 0) is 24.4 Å². The summed E-state index contributed by atoms with van der Waals surface area (Å²) in [7, 11) is 1.62. The summed E-state index contributed by atoms with van der Waals surface area (Å²) in [5.41, 5.74) is -0.0870. The minimum atomic E-state index is -4.51. The Hall–Kier alpha value is -2.99. The van der Waals surface area contributed by atoms with Crippen LogP contribution in [0, 0.1) is 14.9 Å². The number of nitro groups is 1. The van der Waals surface area contributed by atoms with Crippen molar-refractivity contribution in [3.63, 3.8) is 0 Å². The van der Waals surface area contributed by atoms with Gasteiger partial charge in [0.2, 0.25) is 0 Å². The fourth-order valence-electron chi connectivity index (χ4n) is 2.86. The van der Waals surface area contributed by atoms with Gasteiger partial charge < -0.3 is 8.98 Å². The summed E-state index contributed by atoms with van der Waals surface area (Å²) in [6.07, 6.45) is -3.06. The summed E-state index contributed by atoms with van der Waals surface area (Å²) in [5.74, 6) is 0.774. The van der Waals surface area contributed by atoms with E-state index in [0.717, 1.165) is 4.90 Å². The Bertz CT molecular complexity index is 1060. The third-order valence-corrected chi connectivity index (χ3v) is 4.59. The van der Waals surface area contributed by atoms with Gasteiger partial charge in [-0.25, -0.2) is 4.68 Å². The molecular formula is C17H16F3N5O3S. The summed E-state index contributed by atoms with van der Waals surface area (Å²) in [4.78, 5) is 11.6. The number of benzene rings is 1. The Balaban J connectivity index is 1.92. The lowest BCUT2D eigenvalue weighted by molar-refractivity contribution is -0.385. The lowest BCUT2D eigenvalue weighted by Crippen LogP contribution is -2.35. The van der Waals surface area contributed by atoms with Crippen LogP contribution in [0.2, 0.25) is 0 Å². The number of halogens is 3. The molecule has 0 aliphatic carbocycles. The van der Waals surface area contributed by atoms with E-state index >= 15 is 0 Å². The first-order valence-electron chi connectivity index (χ1n) is 8.35. The predicted molar refractivity (Wildman–Crippen MR) is 99.3 cm³/mol. The lowest BCUT2D eigenvalue weighted by atomic mass is 10.1. The Morgan fingerprint density at radius 2 is 2.00 bits per heavy atom. The minimum absolute atomic E-state index is 0.162. The van der Waals surface area contributed by atoms with Crippen molar-refractivity contribution in [3.8, 4) is 11.6 Å². The van der Waals surface area contributed by atoms with Crippen LogP contribution in [0.5, 0.6) is 0 Å². The van der Waals surface area contributed by atoms with Crippen molar-refractivity contribution >= 4 is 17.9 Å². The molecule has 12 heteroatoms. The van der Waals surface area contributed by atoms with Crippen LogP contribution in [0.25, 0.3) is 11.6 Å². The number of alkyl halides is 3. The van der Waals surface area contributed by atoms with E-state index in [-0.39, 0.29) is 29.2 Å². The van der Waals surface area contributed by atoms with E-state index in [4.69, 9.17) is 16.6 Å². The second-order valence-electron chi connectivity index (χ2n) is 6.27. The van der Waals surface area contributed by atoms with E-state index < -0.39 is 17.6 Å². The Morgan fingerprint density at radius 1 is 1.28 bits per heavy atom. The first-order chi connectivity index (χ1) is 13.7. The lowest BCUT2D eigenvalue weighted by Gasteiger charge is -2.23. The maximum Gasteiger partial charge on any atom is 0.401 e. The maximum absolute atomic E-state index is 13.1. The van der Waals surface area contributed by atoms with Crippen molar-refractivity contribution in [1.82, 2.24) is 19.2 Å². The summed E-state index contributed by atoms with van der Waals surface area (Å²) in [6, 6.07) is 8.98. The molecule has 3 aromatic rings. The topological polar surface area (TPSA) is 82.3 Å². The molecule has 2 heterocycles. The molecule has 0 amide bonds. The van der Waals surface area contributed by atoms with Crippen LogP contribution in [-0.2, 0) is 20.3 Å². The molecule has 8 nitrogen and oxygen atoms in total. The normalized spacial score (nSPS) is 11.9. The Kier molecular flexibility index (Phi) is 5.84. The van der Waals surface area contributed by atoms with E-state index in [0.29, 0.717) is 11.6 Å². The first kappa shape index (κ1) is 20.7. The molecule has 0 radical (unpaired) electrons. The number of nitro benzene ring substituents is 1. The van der Waals surface area contributed by atoms with Crippen molar-refractivity contribution < 1.29 is 22.5 Å². The molecule has 29 heavy (non-hydrogen) atoms. The van der Waals surface area contributed by atoms with Gasteiger partial charge in [-0.15, -0.1) is 5.10 Å². The largest absolute Gasteiger partial charge is 0.461 e. The molecule has 0 bridgehead atoms. The van der Waals surface area contributed by atoms with Gasteiger partial charge in [-0.2, -0.15) is 13.2 Å². The van der Waals surface area contributed by atoms with Crippen LogP contribution in [0.3, 0.4) is 0 Å². The summed E-state index contributed by atoms with van der Waals surface area (Å²) in [6.45, 7) is -1.89. The predicted octanol–water partition coefficient (Wildman–Crippen LogP) is 4.14. The molecule has 0 aliphatic heterocycles. The van der Waals surface area contributed by atoms with Gasteiger partial charge in [-0.1, -0.05) is 18.2 Å². The number of para-hydroxylation sites is 1. The standard InChI is InChI=1S/C17H16F3N5O3S/c1-22-15(14-7-4-8-28-14)21-24(16(22)29)11-23(10-17(18,19)20)9-12-5-2-3-6-13(12)25(26)27/h2-8H,9-11H2,1H3. The van der Waals surface area contributed by atoms with Gasteiger partial charge in [0.25, 0.3) is 5.69 Å². The quantitative estimate of drug-likeness (QED) is 0.320. The van der Waals surface area contributed by atoms with Gasteiger partial charge in [0.05, 0.1) is 24.4 Å². The van der Waals surface area contributed by atoms with Gasteiger partial charge in [0, 0.05) is 25.2 Å². The summed E-state index contributed by atoms with van der Waals surface area (Å²) in [5, 5.41) is 15.5. The highest BCUT2D eigenvalue weighted by molar-refractivity contribution is 7.71. The van der Waals surface area contributed by atoms with Crippen molar-refractivity contribution in [2.75, 3.05) is 6.54 Å². The van der Waals surface area contributed by atoms with Gasteiger partial charge in [0.1, 0.15) is 0 Å². The highest BCUT2D eigenvalue weighted by Crippen LogP contribution is 2.24. The Morgan fingerprint density at radius 3 is 2.62 bits per heavy atom. The van der Waals surface area contributed by atoms with Crippen LogP contribution in [0.4, 0.5) is 18.9 Å². The highest BCUT2D eigenvalue weighted by Gasteiger charge is 2.32. The van der Waals surface area contributed by atoms with Crippen LogP contribution in [0.1, 0.15) is 5.56 Å². The second kappa shape index (κ2) is 8.17. The second-order valence-corrected chi connectivity index (χ2v) is 6.64. The fourth-order valence-corrected chi connectivity index (χ4v) is 3.05. The summed E-state index contributed by atoms with van der Waals surface area (Å²) >= 11 is 5.29. The van der Waals surface area contributed by atoms with Crippen LogP contribution in [0.15, 0.2) is 47.1 Å². The van der Waals surface area contributed by atoms with Gasteiger partial charge in [-0.3, -0.25) is 15.0 Å². The van der Waals surface area contributed by atoms with Crippen LogP contribution in [-0.4, -0.2) is 36.9 Å². The molecule has 0 saturated carbocycles. The van der Waals surface area contributed by atoms with Crippen LogP contribution >= 0.6 is 12.2 Å². The van der Waals surface area contributed by atoms with Crippen molar-refractivity contribution in [3.05, 3.63) is 63.1 Å². The van der Waals surface area contributed by atoms with Crippen molar-refractivity contribution in [2.24, 2.45) is 7.05 Å². The van der Waals surface area contributed by atoms with E-state index in [1.165, 1.54) is 39.8 Å². The van der Waals surface area contributed by atoms with E-state index in [1.807, 2.05) is 0 Å². The molecular weight excluding hydrogens is 411 g/mol. The molecule has 0 unspecified atom stereocenters. The smallest absolute Gasteiger partial charge is 0.401 e. The highest BCUT2D eigenvalue weighted by atomic mass is 32.1. The molecule has 1 aromatic carbocycles. The fraction of sp³-hybridized carbons (Fsp3) is 0.294. The van der Waals surface area contributed by atoms with Crippen molar-refractivity contribution in [2.45, 2.75) is 19.4 Å². The molecule has 0 saturated heterocycles. The number of hydrogen-bond donors (Lipinski definition) is 0. The molecule has 0 fully saturated rings. The summed E-state index contributed by atoms with van der Waals surface area (Å²) < 4.78 is 47.6. The van der Waals surface area contributed by atoms with Gasteiger partial charge >= 0.3 is 6.18 Å². The molecule has 154 valence electrons. The van der Waals surface area contributed by atoms with E-state index in [1.54, 1.807) is 19.2 Å². The SMILES string of the molecule is Cn1c(-c2ccco2)nn(CN(Cc2ccccc2[N+](=O)[O-])CC(F)(F)F)c1=S. The third kappa shape index (κ3) is 4.90. The third-order valence-electron chi connectivity index (χ3n) is 4.10. The van der Waals surface area contributed by atoms with E-state index in [9.17, 15) is 23.3 Å². The van der Waals surface area contributed by atoms with E-state index in [2.05, 4.69) is 5.10 Å². The molecule has 0 atom stereocenters. The zero-order chi connectivity index (χ0) is 21.2. The number of rotatable bonds is 7. The van der Waals surface area contributed by atoms with Crippen molar-refractivity contribution in [1.29, 1.82) is 0 Å².